The van der Waals surface area contributed by atoms with Gasteiger partial charge in [-0.05, 0) is 12.1 Å². The van der Waals surface area contributed by atoms with Gasteiger partial charge in [-0.1, -0.05) is 30.3 Å². The Morgan fingerprint density at radius 2 is 1.94 bits per heavy atom. The first kappa shape index (κ1) is 10.7. The highest BCUT2D eigenvalue weighted by Crippen LogP contribution is 2.10. The quantitative estimate of drug-likeness (QED) is 0.711. The van der Waals surface area contributed by atoms with Crippen LogP contribution in [0.4, 0.5) is 0 Å². The van der Waals surface area contributed by atoms with Crippen molar-refractivity contribution in [2.24, 2.45) is 0 Å². The summed E-state index contributed by atoms with van der Waals surface area (Å²) in [5, 5.41) is 0. The first-order valence-corrected chi connectivity index (χ1v) is 5.70. The molecule has 0 amide bonds. The van der Waals surface area contributed by atoms with Gasteiger partial charge < -0.3 is 4.98 Å². The van der Waals surface area contributed by atoms with E-state index in [0.29, 0.717) is 17.6 Å². The molecule has 3 aromatic rings. The molecule has 0 atom stereocenters. The molecule has 0 unspecified atom stereocenters. The Hall–Kier alpha value is -2.49. The number of ketones is 1. The average molecular weight is 237 g/mol. The molecule has 0 fully saturated rings. The summed E-state index contributed by atoms with van der Waals surface area (Å²) in [6.45, 7) is 0. The zero-order valence-corrected chi connectivity index (χ0v) is 9.63. The van der Waals surface area contributed by atoms with Gasteiger partial charge in [0.05, 0.1) is 24.0 Å². The molecule has 88 valence electrons. The van der Waals surface area contributed by atoms with Crippen molar-refractivity contribution in [1.29, 1.82) is 0 Å². The van der Waals surface area contributed by atoms with Gasteiger partial charge in [0.2, 0.25) is 0 Å². The van der Waals surface area contributed by atoms with Crippen LogP contribution in [0.5, 0.6) is 0 Å². The number of pyridine rings is 1. The van der Waals surface area contributed by atoms with E-state index in [0.717, 1.165) is 11.2 Å². The largest absolute Gasteiger partial charge is 0.343 e. The van der Waals surface area contributed by atoms with Crippen LogP contribution in [0.1, 0.15) is 16.1 Å². The Labute approximate surface area is 104 Å². The Balaban J connectivity index is 1.86. The summed E-state index contributed by atoms with van der Waals surface area (Å²) < 4.78 is 0. The van der Waals surface area contributed by atoms with Crippen LogP contribution >= 0.6 is 0 Å². The second-order valence-corrected chi connectivity index (χ2v) is 4.04. The number of rotatable bonds is 3. The van der Waals surface area contributed by atoms with E-state index >= 15 is 0 Å². The van der Waals surface area contributed by atoms with Crippen LogP contribution in [0, 0.1) is 0 Å². The number of fused-ring (bicyclic) bond motifs is 1. The summed E-state index contributed by atoms with van der Waals surface area (Å²) in [5.74, 6) is 0.0676. The lowest BCUT2D eigenvalue weighted by Crippen LogP contribution is -2.04. The smallest absolute Gasteiger partial charge is 0.177 e. The molecule has 0 saturated carbocycles. The number of nitrogens with one attached hydrogen (secondary N) is 1. The summed E-state index contributed by atoms with van der Waals surface area (Å²) in [4.78, 5) is 23.4. The molecule has 0 bridgehead atoms. The molecule has 2 heterocycles. The van der Waals surface area contributed by atoms with E-state index in [1.54, 1.807) is 6.33 Å². The minimum Gasteiger partial charge on any atom is -0.343 e. The first-order chi connectivity index (χ1) is 8.83. The van der Waals surface area contributed by atoms with Crippen LogP contribution in [0.3, 0.4) is 0 Å². The van der Waals surface area contributed by atoms with Crippen LogP contribution in [-0.4, -0.2) is 20.7 Å². The molecular weight excluding hydrogens is 226 g/mol. The molecular formula is C14H11N3O. The third-order valence-electron chi connectivity index (χ3n) is 2.78. The lowest BCUT2D eigenvalue weighted by Gasteiger charge is -2.00. The molecule has 0 aliphatic carbocycles. The van der Waals surface area contributed by atoms with E-state index in [-0.39, 0.29) is 5.78 Å². The minimum absolute atomic E-state index is 0.0676. The number of H-pyrrole nitrogens is 1. The molecule has 0 radical (unpaired) electrons. The number of aromatic amines is 1. The molecule has 4 nitrogen and oxygen atoms in total. The molecule has 1 N–H and O–H groups in total. The number of hydrogen-bond donors (Lipinski definition) is 1. The number of imidazole rings is 1. The van der Waals surface area contributed by atoms with Gasteiger partial charge in [-0.25, -0.2) is 9.97 Å². The lowest BCUT2D eigenvalue weighted by atomic mass is 10.1. The zero-order valence-electron chi connectivity index (χ0n) is 9.63. The van der Waals surface area contributed by atoms with Crippen LogP contribution < -0.4 is 0 Å². The second-order valence-electron chi connectivity index (χ2n) is 4.04. The number of benzene rings is 1. The maximum Gasteiger partial charge on any atom is 0.177 e. The van der Waals surface area contributed by atoms with E-state index in [2.05, 4.69) is 15.0 Å². The number of carbonyl (C=O) groups is 1. The fraction of sp³-hybridized carbons (Fsp3) is 0.0714. The molecule has 0 aliphatic rings. The van der Waals surface area contributed by atoms with E-state index in [1.165, 1.54) is 0 Å². The van der Waals surface area contributed by atoms with E-state index in [9.17, 15) is 4.79 Å². The predicted octanol–water partition coefficient (Wildman–Crippen LogP) is 2.38. The minimum atomic E-state index is 0.0676. The lowest BCUT2D eigenvalue weighted by molar-refractivity contribution is 0.0992. The standard InChI is InChI=1S/C14H11N3O/c18-13(10-4-2-1-3-5-10)8-11-6-7-12-14(17-11)16-9-15-12/h1-7,9H,8H2,(H,15,16,17). The molecule has 3 rings (SSSR count). The van der Waals surface area contributed by atoms with Crippen LogP contribution in [0.2, 0.25) is 0 Å². The van der Waals surface area contributed by atoms with Crippen molar-refractivity contribution in [3.8, 4) is 0 Å². The second kappa shape index (κ2) is 4.41. The molecule has 0 saturated heterocycles. The van der Waals surface area contributed by atoms with Crippen molar-refractivity contribution in [2.45, 2.75) is 6.42 Å². The number of hydrogen-bond acceptors (Lipinski definition) is 3. The van der Waals surface area contributed by atoms with Crippen molar-refractivity contribution < 1.29 is 4.79 Å². The summed E-state index contributed by atoms with van der Waals surface area (Å²) in [6, 6.07) is 13.0. The van der Waals surface area contributed by atoms with Crippen molar-refractivity contribution in [2.75, 3.05) is 0 Å². The zero-order chi connectivity index (χ0) is 12.4. The van der Waals surface area contributed by atoms with Crippen LogP contribution in [0.15, 0.2) is 48.8 Å². The summed E-state index contributed by atoms with van der Waals surface area (Å²) in [7, 11) is 0. The van der Waals surface area contributed by atoms with Gasteiger partial charge in [0.15, 0.2) is 11.4 Å². The van der Waals surface area contributed by atoms with E-state index in [1.807, 2.05) is 42.5 Å². The highest BCUT2D eigenvalue weighted by atomic mass is 16.1. The normalized spacial score (nSPS) is 10.7. The Bertz CT molecular complexity index is 688. The maximum absolute atomic E-state index is 12.0. The molecule has 2 aromatic heterocycles. The fourth-order valence-electron chi connectivity index (χ4n) is 1.85. The van der Waals surface area contributed by atoms with E-state index < -0.39 is 0 Å². The Morgan fingerprint density at radius 3 is 2.78 bits per heavy atom. The average Bonchev–Trinajstić information content (AvgIpc) is 2.87. The van der Waals surface area contributed by atoms with Gasteiger partial charge in [0, 0.05) is 5.56 Å². The van der Waals surface area contributed by atoms with Gasteiger partial charge in [-0.15, -0.1) is 0 Å². The number of carbonyl (C=O) groups excluding carboxylic acids is 1. The molecule has 1 aromatic carbocycles. The summed E-state index contributed by atoms with van der Waals surface area (Å²) >= 11 is 0. The predicted molar refractivity (Wildman–Crippen MR) is 68.4 cm³/mol. The monoisotopic (exact) mass is 237 g/mol. The van der Waals surface area contributed by atoms with Gasteiger partial charge in [0.25, 0.3) is 0 Å². The van der Waals surface area contributed by atoms with Crippen molar-refractivity contribution in [3.05, 3.63) is 60.0 Å². The highest BCUT2D eigenvalue weighted by Gasteiger charge is 2.08. The van der Waals surface area contributed by atoms with Crippen LogP contribution in [0.25, 0.3) is 11.2 Å². The van der Waals surface area contributed by atoms with Gasteiger partial charge in [0.1, 0.15) is 0 Å². The Kier molecular flexibility index (Phi) is 2.61. The Morgan fingerprint density at radius 1 is 1.11 bits per heavy atom. The third kappa shape index (κ3) is 2.00. The van der Waals surface area contributed by atoms with Crippen molar-refractivity contribution in [3.63, 3.8) is 0 Å². The SMILES string of the molecule is O=C(Cc1ccc2[nH]cnc2n1)c1ccccc1. The van der Waals surface area contributed by atoms with Gasteiger partial charge in [-0.3, -0.25) is 4.79 Å². The maximum atomic E-state index is 12.0. The molecule has 0 aliphatic heterocycles. The highest BCUT2D eigenvalue weighted by molar-refractivity contribution is 5.97. The first-order valence-electron chi connectivity index (χ1n) is 5.70. The molecule has 0 spiro atoms. The summed E-state index contributed by atoms with van der Waals surface area (Å²) in [5.41, 5.74) is 2.98. The summed E-state index contributed by atoms with van der Waals surface area (Å²) in [6.07, 6.45) is 1.90. The van der Waals surface area contributed by atoms with Crippen molar-refractivity contribution in [1.82, 2.24) is 15.0 Å². The van der Waals surface area contributed by atoms with Gasteiger partial charge >= 0.3 is 0 Å². The van der Waals surface area contributed by atoms with Crippen LogP contribution in [-0.2, 0) is 6.42 Å². The fourth-order valence-corrected chi connectivity index (χ4v) is 1.85. The van der Waals surface area contributed by atoms with Crippen molar-refractivity contribution >= 4 is 16.9 Å². The number of aromatic nitrogens is 3. The topological polar surface area (TPSA) is 58.6 Å². The number of Topliss-reactive ketones (excluding diaryl/α,β-unsaturated/α-hetero) is 1. The molecule has 18 heavy (non-hydrogen) atoms. The van der Waals surface area contributed by atoms with E-state index in [4.69, 9.17) is 0 Å². The molecule has 4 heteroatoms. The third-order valence-corrected chi connectivity index (χ3v) is 2.78. The van der Waals surface area contributed by atoms with Gasteiger partial charge in [-0.2, -0.15) is 0 Å². The number of nitrogens with zero attached hydrogens (tertiary/aromatic N) is 2.